The Morgan fingerprint density at radius 1 is 1.12 bits per heavy atom. The third-order valence-corrected chi connectivity index (χ3v) is 3.77. The quantitative estimate of drug-likeness (QED) is 0.648. The standard InChI is InChI=1S/C18H20N6O2/c1-24-14(25)9-8-13(23-24)16-15(12-6-4-3-5-7-12)21-17(19)18(22-16)20-10-11-26-2/h3-9H,10-11H2,1-2H3,(H2,19,21)(H,20,22). The first-order chi connectivity index (χ1) is 12.6. The van der Waals surface area contributed by atoms with Crippen LogP contribution in [-0.2, 0) is 11.8 Å². The monoisotopic (exact) mass is 352 g/mol. The lowest BCUT2D eigenvalue weighted by Crippen LogP contribution is -2.19. The third-order valence-electron chi connectivity index (χ3n) is 3.77. The molecule has 8 heteroatoms. The van der Waals surface area contributed by atoms with Gasteiger partial charge in [-0.3, -0.25) is 4.79 Å². The minimum Gasteiger partial charge on any atom is -0.383 e. The van der Waals surface area contributed by atoms with Crippen molar-refractivity contribution >= 4 is 11.6 Å². The summed E-state index contributed by atoms with van der Waals surface area (Å²) in [6.45, 7) is 1.05. The van der Waals surface area contributed by atoms with Gasteiger partial charge in [0.2, 0.25) is 0 Å². The van der Waals surface area contributed by atoms with Gasteiger partial charge in [0.1, 0.15) is 17.1 Å². The van der Waals surface area contributed by atoms with Crippen LogP contribution in [-0.4, -0.2) is 40.0 Å². The Labute approximate surface area is 150 Å². The summed E-state index contributed by atoms with van der Waals surface area (Å²) in [5, 5.41) is 7.41. The fourth-order valence-electron chi connectivity index (χ4n) is 2.45. The lowest BCUT2D eigenvalue weighted by Gasteiger charge is -2.14. The van der Waals surface area contributed by atoms with Gasteiger partial charge in [-0.05, 0) is 6.07 Å². The van der Waals surface area contributed by atoms with Crippen molar-refractivity contribution in [3.8, 4) is 22.6 Å². The lowest BCUT2D eigenvalue weighted by molar-refractivity contribution is 0.210. The molecule has 1 aromatic carbocycles. The molecule has 0 amide bonds. The highest BCUT2D eigenvalue weighted by Crippen LogP contribution is 2.30. The van der Waals surface area contributed by atoms with Crippen molar-refractivity contribution in [2.75, 3.05) is 31.3 Å². The Kier molecular flexibility index (Phi) is 5.23. The Morgan fingerprint density at radius 2 is 1.88 bits per heavy atom. The van der Waals surface area contributed by atoms with Crippen LogP contribution in [0.25, 0.3) is 22.6 Å². The number of nitrogens with zero attached hydrogens (tertiary/aromatic N) is 4. The molecule has 0 unspecified atom stereocenters. The molecule has 0 aliphatic rings. The van der Waals surface area contributed by atoms with Crippen molar-refractivity contribution in [3.63, 3.8) is 0 Å². The van der Waals surface area contributed by atoms with Gasteiger partial charge >= 0.3 is 0 Å². The number of ether oxygens (including phenoxy) is 1. The molecule has 8 nitrogen and oxygen atoms in total. The van der Waals surface area contributed by atoms with Crippen LogP contribution in [0.15, 0.2) is 47.3 Å². The van der Waals surface area contributed by atoms with Crippen molar-refractivity contribution in [2.45, 2.75) is 0 Å². The first-order valence-electron chi connectivity index (χ1n) is 8.10. The zero-order chi connectivity index (χ0) is 18.5. The van der Waals surface area contributed by atoms with E-state index in [0.717, 1.165) is 5.56 Å². The smallest absolute Gasteiger partial charge is 0.266 e. The molecule has 0 spiro atoms. The Balaban J connectivity index is 2.15. The van der Waals surface area contributed by atoms with Crippen LogP contribution >= 0.6 is 0 Å². The highest BCUT2D eigenvalue weighted by atomic mass is 16.5. The van der Waals surface area contributed by atoms with E-state index in [2.05, 4.69) is 20.4 Å². The van der Waals surface area contributed by atoms with Crippen LogP contribution < -0.4 is 16.6 Å². The second-order valence-corrected chi connectivity index (χ2v) is 5.62. The number of aryl methyl sites for hydroxylation is 1. The van der Waals surface area contributed by atoms with Crippen LogP contribution in [0, 0.1) is 0 Å². The van der Waals surface area contributed by atoms with E-state index in [9.17, 15) is 4.79 Å². The van der Waals surface area contributed by atoms with Gasteiger partial charge in [0.15, 0.2) is 11.6 Å². The Hall–Kier alpha value is -3.26. The Morgan fingerprint density at radius 3 is 2.58 bits per heavy atom. The molecule has 26 heavy (non-hydrogen) atoms. The molecule has 0 radical (unpaired) electrons. The van der Waals surface area contributed by atoms with E-state index in [-0.39, 0.29) is 11.4 Å². The van der Waals surface area contributed by atoms with E-state index in [0.29, 0.717) is 36.1 Å². The average Bonchev–Trinajstić information content (AvgIpc) is 2.66. The fourth-order valence-corrected chi connectivity index (χ4v) is 2.45. The first-order valence-corrected chi connectivity index (χ1v) is 8.10. The maximum Gasteiger partial charge on any atom is 0.266 e. The van der Waals surface area contributed by atoms with Gasteiger partial charge in [-0.25, -0.2) is 14.6 Å². The van der Waals surface area contributed by atoms with Gasteiger partial charge < -0.3 is 15.8 Å². The molecule has 0 bridgehead atoms. The minimum absolute atomic E-state index is 0.197. The molecule has 3 N–H and O–H groups in total. The zero-order valence-electron chi connectivity index (χ0n) is 14.6. The minimum atomic E-state index is -0.197. The summed E-state index contributed by atoms with van der Waals surface area (Å²) in [5.41, 5.74) is 8.44. The summed E-state index contributed by atoms with van der Waals surface area (Å²) in [6, 6.07) is 12.7. The van der Waals surface area contributed by atoms with Crippen molar-refractivity contribution in [1.29, 1.82) is 0 Å². The van der Waals surface area contributed by atoms with Gasteiger partial charge in [-0.1, -0.05) is 30.3 Å². The number of methoxy groups -OCH3 is 1. The van der Waals surface area contributed by atoms with E-state index in [1.54, 1.807) is 20.2 Å². The van der Waals surface area contributed by atoms with Crippen molar-refractivity contribution in [1.82, 2.24) is 19.7 Å². The summed E-state index contributed by atoms with van der Waals surface area (Å²) in [6.07, 6.45) is 0. The SMILES string of the molecule is COCCNc1nc(-c2ccc(=O)n(C)n2)c(-c2ccccc2)nc1N. The van der Waals surface area contributed by atoms with Gasteiger partial charge in [0.05, 0.1) is 6.61 Å². The number of hydrogen-bond acceptors (Lipinski definition) is 7. The topological polar surface area (TPSA) is 108 Å². The van der Waals surface area contributed by atoms with Gasteiger partial charge in [-0.2, -0.15) is 5.10 Å². The summed E-state index contributed by atoms with van der Waals surface area (Å²) in [7, 11) is 3.21. The molecule has 0 aliphatic heterocycles. The third kappa shape index (κ3) is 3.70. The second kappa shape index (κ2) is 7.75. The van der Waals surface area contributed by atoms with Crippen LogP contribution in [0.1, 0.15) is 0 Å². The van der Waals surface area contributed by atoms with Crippen LogP contribution in [0.4, 0.5) is 11.6 Å². The molecule has 0 atom stereocenters. The van der Waals surface area contributed by atoms with Crippen molar-refractivity contribution in [2.24, 2.45) is 7.05 Å². The van der Waals surface area contributed by atoms with Crippen molar-refractivity contribution in [3.05, 3.63) is 52.8 Å². The van der Waals surface area contributed by atoms with E-state index in [1.807, 2.05) is 30.3 Å². The number of rotatable bonds is 6. The molecule has 2 heterocycles. The van der Waals surface area contributed by atoms with Gasteiger partial charge in [0, 0.05) is 32.3 Å². The Bertz CT molecular complexity index is 956. The predicted molar refractivity (Wildman–Crippen MR) is 101 cm³/mol. The van der Waals surface area contributed by atoms with E-state index < -0.39 is 0 Å². The predicted octanol–water partition coefficient (Wildman–Crippen LogP) is 1.54. The molecule has 0 fully saturated rings. The highest BCUT2D eigenvalue weighted by Gasteiger charge is 2.17. The number of hydrogen-bond donors (Lipinski definition) is 2. The number of benzene rings is 1. The van der Waals surface area contributed by atoms with Crippen LogP contribution in [0.3, 0.4) is 0 Å². The van der Waals surface area contributed by atoms with Crippen LogP contribution in [0.2, 0.25) is 0 Å². The molecule has 2 aromatic heterocycles. The second-order valence-electron chi connectivity index (χ2n) is 5.62. The number of nitrogens with one attached hydrogen (secondary N) is 1. The zero-order valence-corrected chi connectivity index (χ0v) is 14.6. The average molecular weight is 352 g/mol. The lowest BCUT2D eigenvalue weighted by atomic mass is 10.1. The maximum absolute atomic E-state index is 11.7. The molecular weight excluding hydrogens is 332 g/mol. The number of nitrogens with two attached hydrogens (primary N) is 1. The van der Waals surface area contributed by atoms with E-state index >= 15 is 0 Å². The van der Waals surface area contributed by atoms with Gasteiger partial charge in [-0.15, -0.1) is 0 Å². The highest BCUT2D eigenvalue weighted by molar-refractivity contribution is 5.79. The maximum atomic E-state index is 11.7. The van der Waals surface area contributed by atoms with Crippen LogP contribution in [0.5, 0.6) is 0 Å². The molecule has 3 rings (SSSR count). The molecule has 3 aromatic rings. The van der Waals surface area contributed by atoms with Gasteiger partial charge in [0.25, 0.3) is 5.56 Å². The molecule has 0 aliphatic carbocycles. The number of nitrogen functional groups attached to an aromatic ring is 1. The normalized spacial score (nSPS) is 10.7. The molecule has 0 saturated carbocycles. The van der Waals surface area contributed by atoms with E-state index in [1.165, 1.54) is 10.7 Å². The summed E-state index contributed by atoms with van der Waals surface area (Å²) < 4.78 is 6.30. The largest absolute Gasteiger partial charge is 0.383 e. The molecule has 134 valence electrons. The number of anilines is 2. The number of aromatic nitrogens is 4. The summed E-state index contributed by atoms with van der Waals surface area (Å²) in [4.78, 5) is 20.8. The molecule has 0 saturated heterocycles. The summed E-state index contributed by atoms with van der Waals surface area (Å²) >= 11 is 0. The summed E-state index contributed by atoms with van der Waals surface area (Å²) in [5.74, 6) is 0.737. The molecular formula is C18H20N6O2. The first kappa shape index (κ1) is 17.6. The van der Waals surface area contributed by atoms with Crippen molar-refractivity contribution < 1.29 is 4.74 Å². The fraction of sp³-hybridized carbons (Fsp3) is 0.222. The van der Waals surface area contributed by atoms with E-state index in [4.69, 9.17) is 10.5 Å².